The van der Waals surface area contributed by atoms with Gasteiger partial charge in [0.15, 0.2) is 0 Å². The number of nitrogens with one attached hydrogen (secondary N) is 2. The topological polar surface area (TPSA) is 78.4 Å². The van der Waals surface area contributed by atoms with Crippen LogP contribution in [0.1, 0.15) is 27.9 Å². The number of hydrogen-bond donors (Lipinski definition) is 3. The zero-order valence-electron chi connectivity index (χ0n) is 11.6. The fourth-order valence-corrected chi connectivity index (χ4v) is 1.51. The minimum Gasteiger partial charge on any atom is -0.395 e. The van der Waals surface area contributed by atoms with Gasteiger partial charge in [-0.2, -0.15) is 0 Å². The van der Waals surface area contributed by atoms with Gasteiger partial charge in [-0.1, -0.05) is 23.5 Å². The monoisotopic (exact) mass is 274 g/mol. The van der Waals surface area contributed by atoms with Gasteiger partial charge in [0.25, 0.3) is 5.91 Å². The molecule has 0 radical (unpaired) electrons. The highest BCUT2D eigenvalue weighted by molar-refractivity contribution is 5.98. The molecule has 1 rings (SSSR count). The number of aliphatic hydroxyl groups is 1. The van der Waals surface area contributed by atoms with E-state index in [1.165, 1.54) is 7.05 Å². The Morgan fingerprint density at radius 2 is 2.10 bits per heavy atom. The molecule has 0 aliphatic carbocycles. The molecule has 0 saturated carbocycles. The molecular formula is C15H18N2O3. The summed E-state index contributed by atoms with van der Waals surface area (Å²) in [4.78, 5) is 23.2. The third-order valence-electron chi connectivity index (χ3n) is 2.57. The first kappa shape index (κ1) is 15.7. The maximum Gasteiger partial charge on any atom is 0.252 e. The Labute approximate surface area is 118 Å². The van der Waals surface area contributed by atoms with Crippen LogP contribution in [0.2, 0.25) is 0 Å². The fourth-order valence-electron chi connectivity index (χ4n) is 1.51. The fraction of sp³-hybridized carbons (Fsp3) is 0.333. The normalized spacial score (nSPS) is 9.35. The largest absolute Gasteiger partial charge is 0.395 e. The summed E-state index contributed by atoms with van der Waals surface area (Å²) < 4.78 is 0. The third-order valence-corrected chi connectivity index (χ3v) is 2.57. The van der Waals surface area contributed by atoms with E-state index in [9.17, 15) is 9.59 Å². The van der Waals surface area contributed by atoms with Gasteiger partial charge in [0.2, 0.25) is 5.91 Å². The van der Waals surface area contributed by atoms with Gasteiger partial charge in [-0.05, 0) is 19.1 Å². The van der Waals surface area contributed by atoms with Crippen molar-refractivity contribution in [2.45, 2.75) is 13.3 Å². The summed E-state index contributed by atoms with van der Waals surface area (Å²) in [6.45, 7) is 1.78. The number of likely N-dealkylation sites (N-methyl/N-ethyl adjacent to an activating group) is 1. The first-order chi connectivity index (χ1) is 9.58. The Hall–Kier alpha value is -2.32. The van der Waals surface area contributed by atoms with Crippen molar-refractivity contribution in [2.75, 3.05) is 20.2 Å². The van der Waals surface area contributed by atoms with E-state index >= 15 is 0 Å². The van der Waals surface area contributed by atoms with Crippen LogP contribution in [-0.2, 0) is 4.79 Å². The maximum absolute atomic E-state index is 12.1. The predicted octanol–water partition coefficient (Wildman–Crippen LogP) is 0.205. The second-order valence-corrected chi connectivity index (χ2v) is 4.18. The van der Waals surface area contributed by atoms with E-state index in [1.807, 2.05) is 13.0 Å². The zero-order valence-corrected chi connectivity index (χ0v) is 11.6. The molecule has 0 bridgehead atoms. The Morgan fingerprint density at radius 3 is 2.75 bits per heavy atom. The van der Waals surface area contributed by atoms with Gasteiger partial charge in [0, 0.05) is 19.0 Å². The number of carbonyl (C=O) groups excluding carboxylic acids is 2. The highest BCUT2D eigenvalue weighted by atomic mass is 16.2. The van der Waals surface area contributed by atoms with Crippen molar-refractivity contribution in [1.29, 1.82) is 0 Å². The van der Waals surface area contributed by atoms with E-state index in [0.29, 0.717) is 17.5 Å². The molecule has 0 aliphatic heterocycles. The number of rotatable bonds is 4. The summed E-state index contributed by atoms with van der Waals surface area (Å²) in [6, 6.07) is 5.34. The molecule has 2 amide bonds. The Morgan fingerprint density at radius 1 is 1.35 bits per heavy atom. The molecule has 0 aromatic heterocycles. The van der Waals surface area contributed by atoms with Gasteiger partial charge < -0.3 is 15.7 Å². The number of aliphatic hydroxyl groups excluding tert-OH is 1. The highest BCUT2D eigenvalue weighted by Crippen LogP contribution is 2.10. The van der Waals surface area contributed by atoms with Crippen LogP contribution >= 0.6 is 0 Å². The smallest absolute Gasteiger partial charge is 0.252 e. The van der Waals surface area contributed by atoms with Crippen LogP contribution in [-0.4, -0.2) is 37.1 Å². The molecule has 0 unspecified atom stereocenters. The molecule has 0 aliphatic rings. The molecule has 1 aromatic rings. The van der Waals surface area contributed by atoms with Crippen LogP contribution in [0.5, 0.6) is 0 Å². The lowest BCUT2D eigenvalue weighted by molar-refractivity contribution is -0.119. The second-order valence-electron chi connectivity index (χ2n) is 4.18. The third kappa shape index (κ3) is 4.75. The first-order valence-corrected chi connectivity index (χ1v) is 6.27. The quantitative estimate of drug-likeness (QED) is 0.687. The average molecular weight is 274 g/mol. The van der Waals surface area contributed by atoms with Crippen LogP contribution in [0, 0.1) is 18.8 Å². The van der Waals surface area contributed by atoms with Gasteiger partial charge >= 0.3 is 0 Å². The average Bonchev–Trinajstić information content (AvgIpc) is 2.46. The molecule has 0 saturated heterocycles. The molecule has 1 aromatic carbocycles. The van der Waals surface area contributed by atoms with E-state index < -0.39 is 0 Å². The summed E-state index contributed by atoms with van der Waals surface area (Å²) in [5.74, 6) is 5.03. The van der Waals surface area contributed by atoms with Crippen molar-refractivity contribution in [3.63, 3.8) is 0 Å². The number of amides is 2. The summed E-state index contributed by atoms with van der Waals surface area (Å²) in [5, 5.41) is 13.7. The van der Waals surface area contributed by atoms with Crippen molar-refractivity contribution in [3.8, 4) is 11.8 Å². The van der Waals surface area contributed by atoms with E-state index in [0.717, 1.165) is 5.56 Å². The molecule has 106 valence electrons. The van der Waals surface area contributed by atoms with Crippen LogP contribution < -0.4 is 10.6 Å². The van der Waals surface area contributed by atoms with Gasteiger partial charge in [0.1, 0.15) is 0 Å². The summed E-state index contributed by atoms with van der Waals surface area (Å²) in [7, 11) is 1.51. The van der Waals surface area contributed by atoms with Crippen LogP contribution in [0.15, 0.2) is 18.2 Å². The molecule has 0 spiro atoms. The van der Waals surface area contributed by atoms with E-state index in [2.05, 4.69) is 22.5 Å². The predicted molar refractivity (Wildman–Crippen MR) is 76.2 cm³/mol. The van der Waals surface area contributed by atoms with Gasteiger partial charge in [-0.3, -0.25) is 9.59 Å². The molecule has 5 nitrogen and oxygen atoms in total. The SMILES string of the molecule is CNC(=O)CNC(=O)c1cc(C)ccc1C#CCCO. The molecule has 3 N–H and O–H groups in total. The number of benzene rings is 1. The summed E-state index contributed by atoms with van der Waals surface area (Å²) in [5.41, 5.74) is 1.95. The van der Waals surface area contributed by atoms with Crippen molar-refractivity contribution < 1.29 is 14.7 Å². The lowest BCUT2D eigenvalue weighted by Crippen LogP contribution is -2.35. The maximum atomic E-state index is 12.1. The van der Waals surface area contributed by atoms with Crippen LogP contribution in [0.25, 0.3) is 0 Å². The lowest BCUT2D eigenvalue weighted by atomic mass is 10.0. The van der Waals surface area contributed by atoms with Gasteiger partial charge in [-0.15, -0.1) is 0 Å². The van der Waals surface area contributed by atoms with Crippen molar-refractivity contribution in [1.82, 2.24) is 10.6 Å². The Balaban J connectivity index is 2.91. The van der Waals surface area contributed by atoms with Gasteiger partial charge in [0.05, 0.1) is 18.7 Å². The Kier molecular flexibility index (Phi) is 6.27. The molecular weight excluding hydrogens is 256 g/mol. The first-order valence-electron chi connectivity index (χ1n) is 6.27. The van der Waals surface area contributed by atoms with Crippen molar-refractivity contribution in [2.24, 2.45) is 0 Å². The standard InChI is InChI=1S/C15H18N2O3/c1-11-6-7-12(5-3-4-8-18)13(9-11)15(20)17-10-14(19)16-2/h6-7,9,18H,4,8,10H2,1-2H3,(H,16,19)(H,17,20). The molecule has 20 heavy (non-hydrogen) atoms. The van der Waals surface area contributed by atoms with Crippen LogP contribution in [0.4, 0.5) is 0 Å². The van der Waals surface area contributed by atoms with Crippen molar-refractivity contribution >= 4 is 11.8 Å². The van der Waals surface area contributed by atoms with E-state index in [4.69, 9.17) is 5.11 Å². The minimum atomic E-state index is -0.342. The van der Waals surface area contributed by atoms with Crippen LogP contribution in [0.3, 0.4) is 0 Å². The second kappa shape index (κ2) is 7.97. The number of aryl methyl sites for hydroxylation is 1. The van der Waals surface area contributed by atoms with E-state index in [1.54, 1.807) is 12.1 Å². The summed E-state index contributed by atoms with van der Waals surface area (Å²) >= 11 is 0. The zero-order chi connectivity index (χ0) is 15.0. The molecule has 0 fully saturated rings. The highest BCUT2D eigenvalue weighted by Gasteiger charge is 2.11. The number of hydrogen-bond acceptors (Lipinski definition) is 3. The Bertz CT molecular complexity index is 556. The van der Waals surface area contributed by atoms with E-state index in [-0.39, 0.29) is 25.0 Å². The molecule has 0 heterocycles. The molecule has 0 atom stereocenters. The molecule has 5 heteroatoms. The number of carbonyl (C=O) groups is 2. The summed E-state index contributed by atoms with van der Waals surface area (Å²) in [6.07, 6.45) is 0.354. The van der Waals surface area contributed by atoms with Crippen molar-refractivity contribution in [3.05, 3.63) is 34.9 Å². The van der Waals surface area contributed by atoms with Gasteiger partial charge in [-0.25, -0.2) is 0 Å². The lowest BCUT2D eigenvalue weighted by Gasteiger charge is -2.07. The minimum absolute atomic E-state index is 0.0168.